The Morgan fingerprint density at radius 3 is 3.15 bits per heavy atom. The first-order chi connectivity index (χ1) is 9.65. The highest BCUT2D eigenvalue weighted by molar-refractivity contribution is 9.10. The van der Waals surface area contributed by atoms with E-state index in [9.17, 15) is 4.79 Å². The number of hydrazone groups is 1. The minimum atomic E-state index is -0.218. The molecular weight excluding hydrogens is 344 g/mol. The van der Waals surface area contributed by atoms with E-state index in [2.05, 4.69) is 42.0 Å². The predicted octanol–water partition coefficient (Wildman–Crippen LogP) is 1.21. The van der Waals surface area contributed by atoms with E-state index in [0.717, 1.165) is 10.0 Å². The van der Waals surface area contributed by atoms with Gasteiger partial charge < -0.3 is 0 Å². The lowest BCUT2D eigenvalue weighted by Crippen LogP contribution is -2.19. The van der Waals surface area contributed by atoms with Gasteiger partial charge in [-0.25, -0.2) is 10.1 Å². The van der Waals surface area contributed by atoms with Crippen LogP contribution in [0.25, 0.3) is 0 Å². The number of thioether (sulfide) groups is 1. The van der Waals surface area contributed by atoms with Crippen molar-refractivity contribution in [2.75, 3.05) is 5.75 Å². The molecule has 0 bridgehead atoms. The quantitative estimate of drug-likeness (QED) is 0.495. The van der Waals surface area contributed by atoms with Gasteiger partial charge in [0.15, 0.2) is 0 Å². The molecular formula is C11H11BrN6OS. The Morgan fingerprint density at radius 1 is 1.60 bits per heavy atom. The van der Waals surface area contributed by atoms with E-state index in [1.54, 1.807) is 13.3 Å². The van der Waals surface area contributed by atoms with Crippen molar-refractivity contribution < 1.29 is 4.79 Å². The molecule has 0 aliphatic heterocycles. The molecule has 0 aliphatic rings. The molecule has 2 rings (SSSR count). The van der Waals surface area contributed by atoms with Crippen molar-refractivity contribution in [3.05, 3.63) is 34.3 Å². The second-order valence-corrected chi connectivity index (χ2v) is 5.58. The van der Waals surface area contributed by atoms with Gasteiger partial charge in [-0.15, -0.1) is 5.10 Å². The molecule has 1 aromatic heterocycles. The van der Waals surface area contributed by atoms with Crippen molar-refractivity contribution in [1.29, 1.82) is 0 Å². The van der Waals surface area contributed by atoms with Crippen LogP contribution in [0, 0.1) is 0 Å². The summed E-state index contributed by atoms with van der Waals surface area (Å²) in [6, 6.07) is 7.60. The van der Waals surface area contributed by atoms with Crippen LogP contribution in [0.5, 0.6) is 0 Å². The number of hydrogen-bond acceptors (Lipinski definition) is 6. The topological polar surface area (TPSA) is 85.1 Å². The number of halogens is 1. The maximum atomic E-state index is 11.6. The van der Waals surface area contributed by atoms with Crippen LogP contribution in [0.15, 0.2) is 39.0 Å². The Hall–Kier alpha value is -1.74. The molecule has 0 aliphatic carbocycles. The molecule has 9 heteroatoms. The van der Waals surface area contributed by atoms with Gasteiger partial charge in [-0.2, -0.15) is 5.10 Å². The summed E-state index contributed by atoms with van der Waals surface area (Å²) in [5.41, 5.74) is 3.34. The number of tetrazole rings is 1. The highest BCUT2D eigenvalue weighted by atomic mass is 79.9. The minimum absolute atomic E-state index is 0.198. The fourth-order valence-electron chi connectivity index (χ4n) is 1.27. The molecule has 0 atom stereocenters. The molecule has 1 amide bonds. The normalized spacial score (nSPS) is 10.9. The monoisotopic (exact) mass is 354 g/mol. The van der Waals surface area contributed by atoms with E-state index in [1.165, 1.54) is 16.4 Å². The Balaban J connectivity index is 1.79. The third-order valence-corrected chi connectivity index (χ3v) is 3.67. The van der Waals surface area contributed by atoms with Crippen molar-refractivity contribution in [1.82, 2.24) is 25.6 Å². The number of nitrogens with one attached hydrogen (secondary N) is 1. The summed E-state index contributed by atoms with van der Waals surface area (Å²) >= 11 is 4.61. The Kier molecular flexibility index (Phi) is 5.24. The molecule has 0 saturated heterocycles. The molecule has 2 aromatic rings. The summed E-state index contributed by atoms with van der Waals surface area (Å²) in [4.78, 5) is 11.6. The van der Waals surface area contributed by atoms with Crippen LogP contribution in [0.4, 0.5) is 0 Å². The second kappa shape index (κ2) is 7.15. The number of benzene rings is 1. The van der Waals surface area contributed by atoms with E-state index in [4.69, 9.17) is 0 Å². The van der Waals surface area contributed by atoms with Gasteiger partial charge in [-0.3, -0.25) is 4.79 Å². The van der Waals surface area contributed by atoms with E-state index < -0.39 is 0 Å². The Morgan fingerprint density at radius 2 is 2.45 bits per heavy atom. The predicted molar refractivity (Wildman–Crippen MR) is 79.4 cm³/mol. The van der Waals surface area contributed by atoms with E-state index in [-0.39, 0.29) is 11.7 Å². The largest absolute Gasteiger partial charge is 0.272 e. The third kappa shape index (κ3) is 4.42. The number of rotatable bonds is 5. The lowest BCUT2D eigenvalue weighted by atomic mass is 10.2. The Labute approximate surface area is 127 Å². The van der Waals surface area contributed by atoms with E-state index >= 15 is 0 Å². The second-order valence-electron chi connectivity index (χ2n) is 3.72. The van der Waals surface area contributed by atoms with Crippen LogP contribution in [0.1, 0.15) is 5.56 Å². The molecule has 1 aromatic carbocycles. The lowest BCUT2D eigenvalue weighted by molar-refractivity contribution is -0.118. The molecule has 1 N–H and O–H groups in total. The molecule has 104 valence electrons. The van der Waals surface area contributed by atoms with Crippen LogP contribution in [0.2, 0.25) is 0 Å². The fraction of sp³-hybridized carbons (Fsp3) is 0.182. The van der Waals surface area contributed by atoms with Crippen molar-refractivity contribution in [3.8, 4) is 0 Å². The van der Waals surface area contributed by atoms with Gasteiger partial charge in [0.25, 0.3) is 5.91 Å². The van der Waals surface area contributed by atoms with Gasteiger partial charge in [0, 0.05) is 11.5 Å². The summed E-state index contributed by atoms with van der Waals surface area (Å²) in [5, 5.41) is 15.4. The number of carbonyl (C=O) groups excluding carboxylic acids is 1. The highest BCUT2D eigenvalue weighted by Gasteiger charge is 2.06. The Bertz CT molecular complexity index is 629. The minimum Gasteiger partial charge on any atom is -0.272 e. The van der Waals surface area contributed by atoms with Crippen LogP contribution in [-0.2, 0) is 11.8 Å². The number of hydrogen-bond donors (Lipinski definition) is 1. The zero-order chi connectivity index (χ0) is 14.4. The summed E-state index contributed by atoms with van der Waals surface area (Å²) in [6.07, 6.45) is 1.58. The number of nitrogens with zero attached hydrogens (tertiary/aromatic N) is 5. The fourth-order valence-corrected chi connectivity index (χ4v) is 2.33. The van der Waals surface area contributed by atoms with Gasteiger partial charge in [0.2, 0.25) is 5.16 Å². The lowest BCUT2D eigenvalue weighted by Gasteiger charge is -1.99. The average molecular weight is 355 g/mol. The zero-order valence-corrected chi connectivity index (χ0v) is 12.9. The molecule has 7 nitrogen and oxygen atoms in total. The number of aromatic nitrogens is 4. The summed E-state index contributed by atoms with van der Waals surface area (Å²) in [6.45, 7) is 0. The number of carbonyl (C=O) groups is 1. The standard InChI is InChI=1S/C11H11BrN6OS/c1-18-11(15-16-17-18)20-7-10(19)14-13-6-8-3-2-4-9(12)5-8/h2-6H,7H2,1H3,(H,14,19)/b13-6+. The van der Waals surface area contributed by atoms with Gasteiger partial charge in [0.1, 0.15) is 0 Å². The van der Waals surface area contributed by atoms with E-state index in [0.29, 0.717) is 5.16 Å². The smallest absolute Gasteiger partial charge is 0.250 e. The van der Waals surface area contributed by atoms with Crippen molar-refractivity contribution in [2.45, 2.75) is 5.16 Å². The van der Waals surface area contributed by atoms with E-state index in [1.807, 2.05) is 24.3 Å². The summed E-state index contributed by atoms with van der Waals surface area (Å²) in [5.74, 6) is -0.0198. The molecule has 0 unspecified atom stereocenters. The molecule has 20 heavy (non-hydrogen) atoms. The molecule has 0 saturated carbocycles. The van der Waals surface area contributed by atoms with Crippen LogP contribution in [0.3, 0.4) is 0 Å². The van der Waals surface area contributed by atoms with Gasteiger partial charge in [0.05, 0.1) is 12.0 Å². The maximum absolute atomic E-state index is 11.6. The SMILES string of the molecule is Cn1nnnc1SCC(=O)N/N=C/c1cccc(Br)c1. The highest BCUT2D eigenvalue weighted by Crippen LogP contribution is 2.11. The van der Waals surface area contributed by atoms with Gasteiger partial charge >= 0.3 is 0 Å². The molecule has 1 heterocycles. The molecule has 0 radical (unpaired) electrons. The zero-order valence-electron chi connectivity index (χ0n) is 10.5. The van der Waals surface area contributed by atoms with Crippen LogP contribution < -0.4 is 5.43 Å². The van der Waals surface area contributed by atoms with Crippen LogP contribution >= 0.6 is 27.7 Å². The van der Waals surface area contributed by atoms with Gasteiger partial charge in [-0.05, 0) is 28.1 Å². The first-order valence-electron chi connectivity index (χ1n) is 5.58. The maximum Gasteiger partial charge on any atom is 0.250 e. The molecule has 0 spiro atoms. The average Bonchev–Trinajstić information content (AvgIpc) is 2.82. The van der Waals surface area contributed by atoms with Crippen molar-refractivity contribution >= 4 is 39.8 Å². The molecule has 0 fully saturated rings. The number of aryl methyl sites for hydroxylation is 1. The van der Waals surface area contributed by atoms with Gasteiger partial charge in [-0.1, -0.05) is 39.8 Å². The summed E-state index contributed by atoms with van der Waals surface area (Å²) in [7, 11) is 1.71. The summed E-state index contributed by atoms with van der Waals surface area (Å²) < 4.78 is 2.46. The first-order valence-corrected chi connectivity index (χ1v) is 7.35. The number of amides is 1. The first kappa shape index (κ1) is 14.7. The van der Waals surface area contributed by atoms with Crippen molar-refractivity contribution in [3.63, 3.8) is 0 Å². The van der Waals surface area contributed by atoms with Crippen LogP contribution in [-0.4, -0.2) is 38.1 Å². The van der Waals surface area contributed by atoms with Crippen molar-refractivity contribution in [2.24, 2.45) is 12.1 Å². The third-order valence-electron chi connectivity index (χ3n) is 2.17.